The zero-order valence-electron chi connectivity index (χ0n) is 11.6. The van der Waals surface area contributed by atoms with Crippen molar-refractivity contribution in [3.8, 4) is 0 Å². The van der Waals surface area contributed by atoms with Crippen molar-refractivity contribution in [3.63, 3.8) is 0 Å². The second kappa shape index (κ2) is 7.04. The lowest BCUT2D eigenvalue weighted by Crippen LogP contribution is -2.22. The summed E-state index contributed by atoms with van der Waals surface area (Å²) in [6.45, 7) is 1.15. The largest absolute Gasteiger partial charge is 0.455 e. The van der Waals surface area contributed by atoms with Crippen LogP contribution in [0.2, 0.25) is 5.02 Å². The number of nitrogens with one attached hydrogen (secondary N) is 1. The van der Waals surface area contributed by atoms with Gasteiger partial charge in [-0.05, 0) is 19.1 Å². The van der Waals surface area contributed by atoms with Gasteiger partial charge in [0.15, 0.2) is 12.4 Å². The Bertz CT molecular complexity index is 682. The minimum Gasteiger partial charge on any atom is -0.455 e. The summed E-state index contributed by atoms with van der Waals surface area (Å²) in [5, 5.41) is 6.07. The van der Waals surface area contributed by atoms with Gasteiger partial charge in [0.25, 0.3) is 5.91 Å². The van der Waals surface area contributed by atoms with Crippen LogP contribution in [0.25, 0.3) is 0 Å². The Hall–Kier alpha value is -2.41. The highest BCUT2D eigenvalue weighted by atomic mass is 35.5. The fourth-order valence-electron chi connectivity index (χ4n) is 1.65. The zero-order chi connectivity index (χ0) is 16.1. The fourth-order valence-corrected chi connectivity index (χ4v) is 1.88. The summed E-state index contributed by atoms with van der Waals surface area (Å²) < 4.78 is 23.0. The van der Waals surface area contributed by atoms with Crippen molar-refractivity contribution >= 4 is 29.3 Å². The summed E-state index contributed by atoms with van der Waals surface area (Å²) in [6.07, 6.45) is -0.359. The van der Waals surface area contributed by atoms with E-state index in [1.165, 1.54) is 24.3 Å². The number of anilines is 1. The van der Waals surface area contributed by atoms with E-state index in [1.54, 1.807) is 6.92 Å². The highest BCUT2D eigenvalue weighted by Gasteiger charge is 2.14. The summed E-state index contributed by atoms with van der Waals surface area (Å²) in [7, 11) is 0. The lowest BCUT2D eigenvalue weighted by atomic mass is 10.1. The van der Waals surface area contributed by atoms with Crippen LogP contribution < -0.4 is 5.32 Å². The Kier molecular flexibility index (Phi) is 5.11. The number of carbonyl (C=O) groups is 2. The van der Waals surface area contributed by atoms with Crippen molar-refractivity contribution in [1.82, 2.24) is 5.16 Å². The Balaban J connectivity index is 1.84. The molecule has 1 heterocycles. The van der Waals surface area contributed by atoms with E-state index in [-0.39, 0.29) is 22.8 Å². The first-order valence-electron chi connectivity index (χ1n) is 6.27. The van der Waals surface area contributed by atoms with Crippen molar-refractivity contribution in [2.75, 3.05) is 11.9 Å². The topological polar surface area (TPSA) is 81.4 Å². The van der Waals surface area contributed by atoms with E-state index >= 15 is 0 Å². The lowest BCUT2D eigenvalue weighted by Gasteiger charge is -2.06. The monoisotopic (exact) mass is 326 g/mol. The number of carbonyl (C=O) groups excluding carboxylic acids is 2. The Morgan fingerprint density at radius 2 is 2.23 bits per heavy atom. The number of esters is 1. The maximum Gasteiger partial charge on any atom is 0.310 e. The average molecular weight is 327 g/mol. The van der Waals surface area contributed by atoms with Crippen LogP contribution in [0.15, 0.2) is 28.8 Å². The highest BCUT2D eigenvalue weighted by molar-refractivity contribution is 6.31. The van der Waals surface area contributed by atoms with Gasteiger partial charge in [-0.2, -0.15) is 0 Å². The molecule has 1 amide bonds. The normalized spacial score (nSPS) is 10.3. The third kappa shape index (κ3) is 4.29. The Morgan fingerprint density at radius 3 is 2.86 bits per heavy atom. The molecule has 0 unspecified atom stereocenters. The van der Waals surface area contributed by atoms with Gasteiger partial charge in [-0.15, -0.1) is 0 Å². The SMILES string of the molecule is Cc1cc(NC(=O)COC(=O)Cc2c(F)cccc2Cl)no1. The van der Waals surface area contributed by atoms with Crippen molar-refractivity contribution in [2.45, 2.75) is 13.3 Å². The molecule has 0 bridgehead atoms. The summed E-state index contributed by atoms with van der Waals surface area (Å²) >= 11 is 5.80. The van der Waals surface area contributed by atoms with Crippen LogP contribution in [0.3, 0.4) is 0 Å². The van der Waals surface area contributed by atoms with Crippen LogP contribution >= 0.6 is 11.6 Å². The second-order valence-electron chi connectivity index (χ2n) is 4.41. The van der Waals surface area contributed by atoms with E-state index in [0.717, 1.165) is 0 Å². The first-order valence-corrected chi connectivity index (χ1v) is 6.65. The van der Waals surface area contributed by atoms with E-state index in [0.29, 0.717) is 5.76 Å². The van der Waals surface area contributed by atoms with Gasteiger partial charge in [-0.25, -0.2) is 4.39 Å². The van der Waals surface area contributed by atoms with Gasteiger partial charge >= 0.3 is 5.97 Å². The Labute approximate surface area is 130 Å². The number of nitrogens with zero attached hydrogens (tertiary/aromatic N) is 1. The molecule has 8 heteroatoms. The number of hydrogen-bond acceptors (Lipinski definition) is 5. The zero-order valence-corrected chi connectivity index (χ0v) is 12.3. The van der Waals surface area contributed by atoms with Crippen LogP contribution in [0.5, 0.6) is 0 Å². The highest BCUT2D eigenvalue weighted by Crippen LogP contribution is 2.19. The number of halogens is 2. The molecule has 6 nitrogen and oxygen atoms in total. The molecule has 0 atom stereocenters. The van der Waals surface area contributed by atoms with E-state index < -0.39 is 24.3 Å². The predicted molar refractivity (Wildman–Crippen MR) is 75.9 cm³/mol. The third-order valence-electron chi connectivity index (χ3n) is 2.64. The van der Waals surface area contributed by atoms with Crippen molar-refractivity contribution < 1.29 is 23.2 Å². The molecule has 1 aromatic heterocycles. The minimum absolute atomic E-state index is 0.0294. The van der Waals surface area contributed by atoms with E-state index in [1.807, 2.05) is 0 Å². The number of aryl methyl sites for hydroxylation is 1. The average Bonchev–Trinajstić information content (AvgIpc) is 2.86. The second-order valence-corrected chi connectivity index (χ2v) is 4.82. The molecule has 0 aliphatic heterocycles. The molecule has 0 saturated heterocycles. The molecule has 1 N–H and O–H groups in total. The number of rotatable bonds is 5. The molecular formula is C14H12ClFN2O4. The maximum atomic E-state index is 13.5. The number of amides is 1. The summed E-state index contributed by atoms with van der Waals surface area (Å²) in [5.74, 6) is -1.20. The van der Waals surface area contributed by atoms with Crippen molar-refractivity contribution in [1.29, 1.82) is 0 Å². The van der Waals surface area contributed by atoms with Gasteiger partial charge in [-0.3, -0.25) is 9.59 Å². The molecule has 2 aromatic rings. The van der Waals surface area contributed by atoms with Gasteiger partial charge in [0, 0.05) is 16.7 Å². The molecule has 0 fully saturated rings. The van der Waals surface area contributed by atoms with Gasteiger partial charge in [0.2, 0.25) is 0 Å². The van der Waals surface area contributed by atoms with Crippen LogP contribution in [-0.2, 0) is 20.7 Å². The van der Waals surface area contributed by atoms with Crippen LogP contribution in [0.1, 0.15) is 11.3 Å². The van der Waals surface area contributed by atoms with Crippen LogP contribution in [-0.4, -0.2) is 23.6 Å². The fraction of sp³-hybridized carbons (Fsp3) is 0.214. The molecule has 0 radical (unpaired) electrons. The lowest BCUT2D eigenvalue weighted by molar-refractivity contribution is -0.146. The van der Waals surface area contributed by atoms with Crippen LogP contribution in [0.4, 0.5) is 10.2 Å². The van der Waals surface area contributed by atoms with Gasteiger partial charge in [0.05, 0.1) is 6.42 Å². The number of aromatic nitrogens is 1. The first kappa shape index (κ1) is 16.0. The number of hydrogen-bond donors (Lipinski definition) is 1. The predicted octanol–water partition coefficient (Wildman–Crippen LogP) is 2.50. The minimum atomic E-state index is -0.765. The molecule has 1 aromatic carbocycles. The quantitative estimate of drug-likeness (QED) is 0.854. The van der Waals surface area contributed by atoms with Crippen LogP contribution in [0, 0.1) is 12.7 Å². The summed E-state index contributed by atoms with van der Waals surface area (Å²) in [4.78, 5) is 23.2. The molecule has 116 valence electrons. The van der Waals surface area contributed by atoms with E-state index in [4.69, 9.17) is 20.9 Å². The van der Waals surface area contributed by atoms with Crippen molar-refractivity contribution in [2.24, 2.45) is 0 Å². The molecule has 22 heavy (non-hydrogen) atoms. The number of ether oxygens (including phenoxy) is 1. The van der Waals surface area contributed by atoms with E-state index in [2.05, 4.69) is 10.5 Å². The molecule has 0 spiro atoms. The standard InChI is InChI=1S/C14H12ClFN2O4/c1-8-5-12(18-22-8)17-13(19)7-21-14(20)6-9-10(15)3-2-4-11(9)16/h2-5H,6-7H2,1H3,(H,17,18,19). The first-order chi connectivity index (χ1) is 10.5. The molecule has 2 rings (SSSR count). The van der Waals surface area contributed by atoms with Gasteiger partial charge in [-0.1, -0.05) is 22.8 Å². The smallest absolute Gasteiger partial charge is 0.310 e. The summed E-state index contributed by atoms with van der Waals surface area (Å²) in [6, 6.07) is 5.60. The molecule has 0 aliphatic rings. The molecular weight excluding hydrogens is 315 g/mol. The number of benzene rings is 1. The maximum absolute atomic E-state index is 13.5. The van der Waals surface area contributed by atoms with E-state index in [9.17, 15) is 14.0 Å². The van der Waals surface area contributed by atoms with Gasteiger partial charge < -0.3 is 14.6 Å². The van der Waals surface area contributed by atoms with Gasteiger partial charge in [0.1, 0.15) is 11.6 Å². The molecule has 0 aliphatic carbocycles. The van der Waals surface area contributed by atoms with Crippen molar-refractivity contribution in [3.05, 3.63) is 46.4 Å². The summed E-state index contributed by atoms with van der Waals surface area (Å²) in [5.41, 5.74) is 0.0294. The molecule has 0 saturated carbocycles. The third-order valence-corrected chi connectivity index (χ3v) is 3.00. The Morgan fingerprint density at radius 1 is 1.45 bits per heavy atom.